The van der Waals surface area contributed by atoms with Gasteiger partial charge >= 0.3 is 5.97 Å². The molecule has 0 aliphatic heterocycles. The Kier molecular flexibility index (Phi) is 7.48. The maximum atomic E-state index is 12.3. The van der Waals surface area contributed by atoms with E-state index in [0.29, 0.717) is 40.8 Å². The summed E-state index contributed by atoms with van der Waals surface area (Å²) in [5.74, 6) is -0.125. The Morgan fingerprint density at radius 2 is 1.73 bits per heavy atom. The molecule has 0 bridgehead atoms. The third kappa shape index (κ3) is 5.49. The SMILES string of the molecule is CCCCOC(=O)c1ccc(NC(=O)c2ccc(OCC)c(Cl)c2)cc1. The van der Waals surface area contributed by atoms with E-state index < -0.39 is 0 Å². The fraction of sp³-hybridized carbons (Fsp3) is 0.300. The molecule has 0 unspecified atom stereocenters. The van der Waals surface area contributed by atoms with Crippen LogP contribution in [0.15, 0.2) is 42.5 Å². The van der Waals surface area contributed by atoms with Crippen LogP contribution in [0.3, 0.4) is 0 Å². The van der Waals surface area contributed by atoms with E-state index in [-0.39, 0.29) is 11.9 Å². The largest absolute Gasteiger partial charge is 0.492 e. The van der Waals surface area contributed by atoms with E-state index in [9.17, 15) is 9.59 Å². The number of rotatable bonds is 8. The van der Waals surface area contributed by atoms with Crippen molar-refractivity contribution in [3.8, 4) is 5.75 Å². The van der Waals surface area contributed by atoms with Crippen LogP contribution in [-0.4, -0.2) is 25.1 Å². The molecule has 0 radical (unpaired) electrons. The molecule has 2 rings (SSSR count). The van der Waals surface area contributed by atoms with Gasteiger partial charge in [0.1, 0.15) is 5.75 Å². The third-order valence-electron chi connectivity index (χ3n) is 3.60. The molecule has 1 amide bonds. The van der Waals surface area contributed by atoms with E-state index in [2.05, 4.69) is 5.32 Å². The predicted octanol–water partition coefficient (Wildman–Crippen LogP) is 4.95. The number of benzene rings is 2. The molecular formula is C20H22ClNO4. The molecule has 0 aromatic heterocycles. The van der Waals surface area contributed by atoms with Gasteiger partial charge in [-0.2, -0.15) is 0 Å². The lowest BCUT2D eigenvalue weighted by Gasteiger charge is -2.09. The highest BCUT2D eigenvalue weighted by atomic mass is 35.5. The van der Waals surface area contributed by atoms with Crippen LogP contribution in [0.25, 0.3) is 0 Å². The summed E-state index contributed by atoms with van der Waals surface area (Å²) in [4.78, 5) is 24.2. The van der Waals surface area contributed by atoms with Crippen LogP contribution in [0.2, 0.25) is 5.02 Å². The third-order valence-corrected chi connectivity index (χ3v) is 3.90. The summed E-state index contributed by atoms with van der Waals surface area (Å²) < 4.78 is 10.5. The van der Waals surface area contributed by atoms with Gasteiger partial charge in [-0.05, 0) is 55.8 Å². The monoisotopic (exact) mass is 375 g/mol. The number of esters is 1. The zero-order valence-electron chi connectivity index (χ0n) is 14.9. The number of unbranched alkanes of at least 4 members (excludes halogenated alkanes) is 1. The number of halogens is 1. The van der Waals surface area contributed by atoms with Crippen molar-refractivity contribution < 1.29 is 19.1 Å². The molecule has 2 aromatic rings. The lowest BCUT2D eigenvalue weighted by atomic mass is 10.1. The van der Waals surface area contributed by atoms with Gasteiger partial charge < -0.3 is 14.8 Å². The Hall–Kier alpha value is -2.53. The molecule has 1 N–H and O–H groups in total. The number of amides is 1. The minimum absolute atomic E-state index is 0.298. The van der Waals surface area contributed by atoms with Crippen LogP contribution in [0, 0.1) is 0 Å². The van der Waals surface area contributed by atoms with Gasteiger partial charge in [0.15, 0.2) is 0 Å². The van der Waals surface area contributed by atoms with Gasteiger partial charge in [-0.15, -0.1) is 0 Å². The zero-order valence-corrected chi connectivity index (χ0v) is 15.6. The summed E-state index contributed by atoms with van der Waals surface area (Å²) in [7, 11) is 0. The maximum Gasteiger partial charge on any atom is 0.338 e. The smallest absolute Gasteiger partial charge is 0.338 e. The molecule has 5 nitrogen and oxygen atoms in total. The number of ether oxygens (including phenoxy) is 2. The summed E-state index contributed by atoms with van der Waals surface area (Å²) in [6, 6.07) is 11.4. The normalized spacial score (nSPS) is 10.3. The van der Waals surface area contributed by atoms with Crippen molar-refractivity contribution in [3.63, 3.8) is 0 Å². The molecule has 0 aliphatic carbocycles. The molecule has 0 saturated heterocycles. The van der Waals surface area contributed by atoms with Crippen molar-refractivity contribution >= 4 is 29.2 Å². The lowest BCUT2D eigenvalue weighted by molar-refractivity contribution is 0.0499. The molecule has 0 aliphatic rings. The van der Waals surface area contributed by atoms with Crippen molar-refractivity contribution in [1.29, 1.82) is 0 Å². The van der Waals surface area contributed by atoms with E-state index in [0.717, 1.165) is 12.8 Å². The molecule has 2 aromatic carbocycles. The van der Waals surface area contributed by atoms with Crippen molar-refractivity contribution in [2.45, 2.75) is 26.7 Å². The minimum atomic E-state index is -0.366. The quantitative estimate of drug-likeness (QED) is 0.523. The highest BCUT2D eigenvalue weighted by molar-refractivity contribution is 6.32. The first-order chi connectivity index (χ1) is 12.5. The predicted molar refractivity (Wildman–Crippen MR) is 102 cm³/mol. The summed E-state index contributed by atoms with van der Waals surface area (Å²) in [5, 5.41) is 3.14. The Bertz CT molecular complexity index is 759. The van der Waals surface area contributed by atoms with E-state index in [1.165, 1.54) is 0 Å². The van der Waals surface area contributed by atoms with Crippen LogP contribution in [0.5, 0.6) is 5.75 Å². The second-order valence-electron chi connectivity index (χ2n) is 5.60. The van der Waals surface area contributed by atoms with Gasteiger partial charge in [0.2, 0.25) is 0 Å². The Morgan fingerprint density at radius 1 is 1.04 bits per heavy atom. The summed E-state index contributed by atoms with van der Waals surface area (Å²) in [6.07, 6.45) is 1.80. The molecule has 138 valence electrons. The van der Waals surface area contributed by atoms with Crippen LogP contribution in [-0.2, 0) is 4.74 Å². The minimum Gasteiger partial charge on any atom is -0.492 e. The first-order valence-electron chi connectivity index (χ1n) is 8.56. The molecule has 0 heterocycles. The van der Waals surface area contributed by atoms with Gasteiger partial charge in [0, 0.05) is 11.3 Å². The highest BCUT2D eigenvalue weighted by Crippen LogP contribution is 2.26. The number of anilines is 1. The van der Waals surface area contributed by atoms with Gasteiger partial charge in [-0.25, -0.2) is 4.79 Å². The molecule has 0 atom stereocenters. The van der Waals surface area contributed by atoms with Crippen LogP contribution < -0.4 is 10.1 Å². The van der Waals surface area contributed by atoms with Gasteiger partial charge in [0.05, 0.1) is 23.8 Å². The van der Waals surface area contributed by atoms with Crippen LogP contribution in [0.1, 0.15) is 47.4 Å². The molecule has 26 heavy (non-hydrogen) atoms. The highest BCUT2D eigenvalue weighted by Gasteiger charge is 2.11. The first-order valence-corrected chi connectivity index (χ1v) is 8.93. The zero-order chi connectivity index (χ0) is 18.9. The van der Waals surface area contributed by atoms with Crippen molar-refractivity contribution in [2.75, 3.05) is 18.5 Å². The Morgan fingerprint density at radius 3 is 2.35 bits per heavy atom. The summed E-state index contributed by atoms with van der Waals surface area (Å²) >= 11 is 6.11. The topological polar surface area (TPSA) is 64.6 Å². The molecular weight excluding hydrogens is 354 g/mol. The van der Waals surface area contributed by atoms with Crippen molar-refractivity contribution in [2.24, 2.45) is 0 Å². The van der Waals surface area contributed by atoms with E-state index in [4.69, 9.17) is 21.1 Å². The lowest BCUT2D eigenvalue weighted by Crippen LogP contribution is -2.12. The fourth-order valence-electron chi connectivity index (χ4n) is 2.20. The summed E-state index contributed by atoms with van der Waals surface area (Å²) in [5.41, 5.74) is 1.44. The Labute approximate surface area is 158 Å². The maximum absolute atomic E-state index is 12.3. The number of nitrogens with one attached hydrogen (secondary N) is 1. The molecule has 0 saturated carbocycles. The average molecular weight is 376 g/mol. The second-order valence-corrected chi connectivity index (χ2v) is 6.01. The number of hydrogen-bond acceptors (Lipinski definition) is 4. The van der Waals surface area contributed by atoms with E-state index >= 15 is 0 Å². The van der Waals surface area contributed by atoms with Crippen LogP contribution in [0.4, 0.5) is 5.69 Å². The van der Waals surface area contributed by atoms with E-state index in [1.807, 2.05) is 13.8 Å². The van der Waals surface area contributed by atoms with Crippen molar-refractivity contribution in [1.82, 2.24) is 0 Å². The standard InChI is InChI=1S/C20H22ClNO4/c1-3-5-12-26-20(24)14-6-9-16(10-7-14)22-19(23)15-8-11-18(25-4-2)17(21)13-15/h6-11,13H,3-5,12H2,1-2H3,(H,22,23). The van der Waals surface area contributed by atoms with Gasteiger partial charge in [0.25, 0.3) is 5.91 Å². The average Bonchev–Trinajstić information content (AvgIpc) is 2.64. The molecule has 0 fully saturated rings. The van der Waals surface area contributed by atoms with Crippen LogP contribution >= 0.6 is 11.6 Å². The second kappa shape index (κ2) is 9.82. The number of carbonyl (C=O) groups is 2. The van der Waals surface area contributed by atoms with Gasteiger partial charge in [-0.1, -0.05) is 24.9 Å². The first kappa shape index (κ1) is 19.8. The van der Waals surface area contributed by atoms with Gasteiger partial charge in [-0.3, -0.25) is 4.79 Å². The fourth-order valence-corrected chi connectivity index (χ4v) is 2.44. The number of hydrogen-bond donors (Lipinski definition) is 1. The molecule has 0 spiro atoms. The number of carbonyl (C=O) groups excluding carboxylic acids is 2. The van der Waals surface area contributed by atoms with Crippen molar-refractivity contribution in [3.05, 3.63) is 58.6 Å². The summed E-state index contributed by atoms with van der Waals surface area (Å²) in [6.45, 7) is 4.80. The van der Waals surface area contributed by atoms with E-state index in [1.54, 1.807) is 42.5 Å². The molecule has 6 heteroatoms. The Balaban J connectivity index is 1.99.